The van der Waals surface area contributed by atoms with Gasteiger partial charge in [0.1, 0.15) is 5.75 Å². The summed E-state index contributed by atoms with van der Waals surface area (Å²) in [4.78, 5) is 11.5. The molecular formula is C15H19ClN4O2. The quantitative estimate of drug-likeness (QED) is 0.503. The van der Waals surface area contributed by atoms with E-state index < -0.39 is 5.91 Å². The molecule has 1 aromatic carbocycles. The first-order chi connectivity index (χ1) is 10.4. The molecule has 0 saturated heterocycles. The van der Waals surface area contributed by atoms with Crippen LogP contribution in [-0.2, 0) is 6.73 Å². The van der Waals surface area contributed by atoms with Gasteiger partial charge in [0, 0.05) is 6.20 Å². The predicted octanol–water partition coefficient (Wildman–Crippen LogP) is 2.61. The van der Waals surface area contributed by atoms with Crippen LogP contribution in [0, 0.1) is 6.92 Å². The number of rotatable bonds is 5. The predicted molar refractivity (Wildman–Crippen MR) is 84.8 cm³/mol. The van der Waals surface area contributed by atoms with E-state index in [0.29, 0.717) is 5.92 Å². The number of amides is 1. The number of benzene rings is 1. The fraction of sp³-hybridized carbons (Fsp3) is 0.333. The second-order valence-electron chi connectivity index (χ2n) is 5.29. The van der Waals surface area contributed by atoms with Crippen molar-refractivity contribution in [2.24, 2.45) is 5.84 Å². The highest BCUT2D eigenvalue weighted by Crippen LogP contribution is 2.24. The second-order valence-corrected chi connectivity index (χ2v) is 5.70. The third-order valence-corrected chi connectivity index (χ3v) is 3.57. The number of carbonyl (C=O) groups excluding carboxylic acids is 1. The Labute approximate surface area is 134 Å². The van der Waals surface area contributed by atoms with E-state index in [1.165, 1.54) is 16.4 Å². The van der Waals surface area contributed by atoms with E-state index in [4.69, 9.17) is 22.2 Å². The smallest absolute Gasteiger partial charge is 0.287 e. The number of halogens is 1. The number of nitrogen functional groups attached to an aromatic ring is 1. The minimum atomic E-state index is -0.540. The van der Waals surface area contributed by atoms with Crippen LogP contribution in [0.5, 0.6) is 5.75 Å². The molecule has 22 heavy (non-hydrogen) atoms. The summed E-state index contributed by atoms with van der Waals surface area (Å²) in [5.74, 6) is 5.73. The zero-order valence-corrected chi connectivity index (χ0v) is 13.5. The molecular weight excluding hydrogens is 304 g/mol. The molecule has 2 rings (SSSR count). The van der Waals surface area contributed by atoms with Crippen LogP contribution in [0.3, 0.4) is 0 Å². The fourth-order valence-electron chi connectivity index (χ4n) is 1.95. The van der Waals surface area contributed by atoms with Crippen molar-refractivity contribution in [3.05, 3.63) is 46.2 Å². The third-order valence-electron chi connectivity index (χ3n) is 3.29. The minimum absolute atomic E-state index is 0.0698. The first-order valence-corrected chi connectivity index (χ1v) is 7.27. The monoisotopic (exact) mass is 322 g/mol. The summed E-state index contributed by atoms with van der Waals surface area (Å²) >= 11 is 5.94. The van der Waals surface area contributed by atoms with E-state index in [2.05, 4.69) is 25.0 Å². The topological polar surface area (TPSA) is 82.2 Å². The Kier molecular flexibility index (Phi) is 5.05. The minimum Gasteiger partial charge on any atom is -0.471 e. The summed E-state index contributed by atoms with van der Waals surface area (Å²) in [6.07, 6.45) is 1.52. The second kappa shape index (κ2) is 6.81. The van der Waals surface area contributed by atoms with Gasteiger partial charge in [-0.1, -0.05) is 37.6 Å². The summed E-state index contributed by atoms with van der Waals surface area (Å²) in [6, 6.07) is 6.12. The first kappa shape index (κ1) is 16.3. The molecule has 7 heteroatoms. The normalized spacial score (nSPS) is 10.8. The van der Waals surface area contributed by atoms with E-state index in [9.17, 15) is 4.79 Å². The summed E-state index contributed by atoms with van der Waals surface area (Å²) in [7, 11) is 0. The van der Waals surface area contributed by atoms with Gasteiger partial charge in [-0.3, -0.25) is 10.2 Å². The number of nitrogens with one attached hydrogen (secondary N) is 1. The zero-order valence-electron chi connectivity index (χ0n) is 12.8. The van der Waals surface area contributed by atoms with Crippen LogP contribution in [0.4, 0.5) is 0 Å². The molecule has 6 nitrogen and oxygen atoms in total. The van der Waals surface area contributed by atoms with Gasteiger partial charge in [-0.2, -0.15) is 5.10 Å². The molecule has 0 radical (unpaired) electrons. The van der Waals surface area contributed by atoms with Crippen LogP contribution in [0.25, 0.3) is 0 Å². The summed E-state index contributed by atoms with van der Waals surface area (Å²) < 4.78 is 7.23. The lowest BCUT2D eigenvalue weighted by molar-refractivity contribution is 0.0946. The van der Waals surface area contributed by atoms with Crippen molar-refractivity contribution in [1.29, 1.82) is 0 Å². The maximum absolute atomic E-state index is 11.5. The van der Waals surface area contributed by atoms with Crippen LogP contribution >= 0.6 is 11.6 Å². The maximum Gasteiger partial charge on any atom is 0.287 e. The number of aromatic nitrogens is 2. The summed E-state index contributed by atoms with van der Waals surface area (Å²) in [5.41, 5.74) is 4.29. The average molecular weight is 323 g/mol. The number of hydrogen-bond acceptors (Lipinski definition) is 4. The van der Waals surface area contributed by atoms with Crippen molar-refractivity contribution in [3.8, 4) is 5.75 Å². The first-order valence-electron chi connectivity index (χ1n) is 6.89. The van der Waals surface area contributed by atoms with E-state index in [0.717, 1.165) is 11.3 Å². The van der Waals surface area contributed by atoms with Gasteiger partial charge >= 0.3 is 0 Å². The Morgan fingerprint density at radius 2 is 2.23 bits per heavy atom. The Morgan fingerprint density at radius 3 is 2.86 bits per heavy atom. The molecule has 0 fully saturated rings. The summed E-state index contributed by atoms with van der Waals surface area (Å²) in [5, 5.41) is 4.27. The zero-order chi connectivity index (χ0) is 16.3. The lowest BCUT2D eigenvalue weighted by Crippen LogP contribution is -2.30. The van der Waals surface area contributed by atoms with Crippen LogP contribution in [0.1, 0.15) is 41.4 Å². The third kappa shape index (κ3) is 3.58. The molecule has 0 bridgehead atoms. The fourth-order valence-corrected chi connectivity index (χ4v) is 2.19. The lowest BCUT2D eigenvalue weighted by Gasteiger charge is -2.12. The molecule has 0 aliphatic carbocycles. The number of hydrogen-bond donors (Lipinski definition) is 2. The highest BCUT2D eigenvalue weighted by Gasteiger charge is 2.14. The number of nitrogens with two attached hydrogens (primary N) is 1. The van der Waals surface area contributed by atoms with E-state index in [1.54, 1.807) is 0 Å². The molecule has 0 atom stereocenters. The van der Waals surface area contributed by atoms with Crippen LogP contribution in [0.2, 0.25) is 5.02 Å². The van der Waals surface area contributed by atoms with Crippen molar-refractivity contribution in [3.63, 3.8) is 0 Å². The van der Waals surface area contributed by atoms with Gasteiger partial charge in [0.2, 0.25) is 0 Å². The molecule has 0 aliphatic rings. The van der Waals surface area contributed by atoms with Crippen LogP contribution in [-0.4, -0.2) is 15.7 Å². The molecule has 0 unspecified atom stereocenters. The van der Waals surface area contributed by atoms with Gasteiger partial charge in [0.05, 0.1) is 5.02 Å². The van der Waals surface area contributed by atoms with Crippen molar-refractivity contribution in [2.45, 2.75) is 33.4 Å². The number of aryl methyl sites for hydroxylation is 1. The van der Waals surface area contributed by atoms with Crippen molar-refractivity contribution >= 4 is 17.5 Å². The van der Waals surface area contributed by atoms with Crippen LogP contribution in [0.15, 0.2) is 24.4 Å². The van der Waals surface area contributed by atoms with E-state index in [-0.39, 0.29) is 17.4 Å². The van der Waals surface area contributed by atoms with Gasteiger partial charge in [-0.15, -0.1) is 0 Å². The molecule has 0 aliphatic heterocycles. The number of nitrogens with zero attached hydrogens (tertiary/aromatic N) is 2. The van der Waals surface area contributed by atoms with Gasteiger partial charge in [0.15, 0.2) is 12.4 Å². The molecule has 1 heterocycles. The molecule has 1 amide bonds. The summed E-state index contributed by atoms with van der Waals surface area (Å²) in [6.45, 7) is 6.38. The van der Waals surface area contributed by atoms with Gasteiger partial charge in [-0.05, 0) is 30.0 Å². The Bertz CT molecular complexity index is 682. The molecule has 2 aromatic rings. The molecule has 0 saturated carbocycles. The Hall–Kier alpha value is -2.05. The molecule has 1 aromatic heterocycles. The van der Waals surface area contributed by atoms with E-state index >= 15 is 0 Å². The SMILES string of the molecule is Cc1ccc(C(C)C)cc1OCn1cc(Cl)c(C(=O)NN)n1. The van der Waals surface area contributed by atoms with E-state index in [1.807, 2.05) is 24.5 Å². The number of carbonyl (C=O) groups is 1. The van der Waals surface area contributed by atoms with Gasteiger partial charge < -0.3 is 4.74 Å². The highest BCUT2D eigenvalue weighted by molar-refractivity contribution is 6.33. The molecule has 0 spiro atoms. The highest BCUT2D eigenvalue weighted by atomic mass is 35.5. The Balaban J connectivity index is 2.13. The lowest BCUT2D eigenvalue weighted by atomic mass is 10.0. The number of hydrazine groups is 1. The van der Waals surface area contributed by atoms with Gasteiger partial charge in [0.25, 0.3) is 5.91 Å². The number of ether oxygens (including phenoxy) is 1. The maximum atomic E-state index is 11.5. The van der Waals surface area contributed by atoms with Crippen molar-refractivity contribution in [2.75, 3.05) is 0 Å². The Morgan fingerprint density at radius 1 is 1.50 bits per heavy atom. The largest absolute Gasteiger partial charge is 0.471 e. The van der Waals surface area contributed by atoms with Gasteiger partial charge in [-0.25, -0.2) is 10.5 Å². The molecule has 118 valence electrons. The standard InChI is InChI=1S/C15H19ClN4O2/c1-9(2)11-5-4-10(3)13(6-11)22-8-20-7-12(16)14(19-20)15(21)18-17/h4-7,9H,8,17H2,1-3H3,(H,18,21). The average Bonchev–Trinajstić information content (AvgIpc) is 2.86. The van der Waals surface area contributed by atoms with Crippen molar-refractivity contribution < 1.29 is 9.53 Å². The molecule has 3 N–H and O–H groups in total. The van der Waals surface area contributed by atoms with Crippen LogP contribution < -0.4 is 16.0 Å². The van der Waals surface area contributed by atoms with Crippen molar-refractivity contribution in [1.82, 2.24) is 15.2 Å².